The van der Waals surface area contributed by atoms with Crippen LogP contribution in [0.2, 0.25) is 0 Å². The number of hydrogen-bond acceptors (Lipinski definition) is 5. The third kappa shape index (κ3) is 9.08. The molecule has 2 amide bonds. The van der Waals surface area contributed by atoms with E-state index in [-0.39, 0.29) is 32.0 Å². The molecule has 0 unspecified atom stereocenters. The first-order valence-electron chi connectivity index (χ1n) is 12.5. The first-order valence-corrected chi connectivity index (χ1v) is 14.4. The Morgan fingerprint density at radius 2 is 1.46 bits per heavy atom. The molecule has 0 saturated carbocycles. The highest BCUT2D eigenvalue weighted by atomic mass is 32.2. The van der Waals surface area contributed by atoms with Crippen molar-refractivity contribution < 1.29 is 22.7 Å². The molecule has 206 valence electrons. The Balaban J connectivity index is 1.98. The van der Waals surface area contributed by atoms with E-state index >= 15 is 0 Å². The highest BCUT2D eigenvalue weighted by Crippen LogP contribution is 2.19. The Bertz CT molecular complexity index is 1330. The molecule has 0 radical (unpaired) electrons. The Morgan fingerprint density at radius 1 is 0.897 bits per heavy atom. The minimum absolute atomic E-state index is 0.0355. The van der Waals surface area contributed by atoms with Gasteiger partial charge in [-0.05, 0) is 28.8 Å². The standard InChI is InChI=1S/C30H35N3O5S/c1-4-19-31-30(35)28(20-24-11-7-5-8-12-24)33(22-26-15-17-27(38-2)18-16-26)29(34)23-32(39(3,36)37)21-25-13-9-6-10-14-25/h4-18,28H,1,19-23H2,2-3H3,(H,31,35)/t28-/m1/s1. The van der Waals surface area contributed by atoms with E-state index in [0.29, 0.717) is 5.75 Å². The van der Waals surface area contributed by atoms with Crippen LogP contribution in [0.15, 0.2) is 97.6 Å². The van der Waals surface area contributed by atoms with Gasteiger partial charge in [0.1, 0.15) is 11.8 Å². The number of carbonyl (C=O) groups excluding carboxylic acids is 2. The summed E-state index contributed by atoms with van der Waals surface area (Å²) in [4.78, 5) is 28.8. The lowest BCUT2D eigenvalue weighted by Crippen LogP contribution is -2.53. The molecule has 0 aromatic heterocycles. The van der Waals surface area contributed by atoms with Gasteiger partial charge in [-0.1, -0.05) is 78.9 Å². The molecule has 3 aromatic rings. The molecule has 0 aliphatic rings. The summed E-state index contributed by atoms with van der Waals surface area (Å²) in [6.45, 7) is 3.62. The number of carbonyl (C=O) groups is 2. The minimum Gasteiger partial charge on any atom is -0.497 e. The topological polar surface area (TPSA) is 96.0 Å². The molecule has 9 heteroatoms. The molecule has 3 aromatic carbocycles. The number of rotatable bonds is 14. The third-order valence-corrected chi connectivity index (χ3v) is 7.38. The lowest BCUT2D eigenvalue weighted by Gasteiger charge is -2.33. The van der Waals surface area contributed by atoms with Gasteiger partial charge in [0.05, 0.1) is 19.9 Å². The second kappa shape index (κ2) is 14.3. The van der Waals surface area contributed by atoms with E-state index in [9.17, 15) is 18.0 Å². The lowest BCUT2D eigenvalue weighted by atomic mass is 10.0. The fraction of sp³-hybridized carbons (Fsp3) is 0.267. The summed E-state index contributed by atoms with van der Waals surface area (Å²) in [6.07, 6.45) is 2.90. The molecule has 0 aliphatic heterocycles. The van der Waals surface area contributed by atoms with Crippen LogP contribution in [0, 0.1) is 0 Å². The van der Waals surface area contributed by atoms with Gasteiger partial charge in [-0.2, -0.15) is 4.31 Å². The van der Waals surface area contributed by atoms with Gasteiger partial charge in [-0.3, -0.25) is 9.59 Å². The highest BCUT2D eigenvalue weighted by molar-refractivity contribution is 7.88. The SMILES string of the molecule is C=CCNC(=O)[C@@H](Cc1ccccc1)N(Cc1ccc(OC)cc1)C(=O)CN(Cc1ccccc1)S(C)(=O)=O. The number of sulfonamides is 1. The van der Waals surface area contributed by atoms with Crippen molar-refractivity contribution in [3.8, 4) is 5.75 Å². The zero-order valence-corrected chi connectivity index (χ0v) is 23.1. The molecule has 0 spiro atoms. The molecule has 1 atom stereocenters. The van der Waals surface area contributed by atoms with Gasteiger partial charge in [-0.25, -0.2) is 8.42 Å². The molecule has 0 saturated heterocycles. The Hall–Kier alpha value is -3.95. The van der Waals surface area contributed by atoms with Crippen molar-refractivity contribution in [2.75, 3.05) is 26.5 Å². The molecule has 39 heavy (non-hydrogen) atoms. The molecule has 0 heterocycles. The van der Waals surface area contributed by atoms with Crippen LogP contribution in [-0.4, -0.2) is 61.9 Å². The summed E-state index contributed by atoms with van der Waals surface area (Å²) >= 11 is 0. The van der Waals surface area contributed by atoms with E-state index < -0.39 is 28.5 Å². The van der Waals surface area contributed by atoms with Gasteiger partial charge in [0, 0.05) is 26.1 Å². The van der Waals surface area contributed by atoms with Gasteiger partial charge >= 0.3 is 0 Å². The molecule has 1 N–H and O–H groups in total. The summed E-state index contributed by atoms with van der Waals surface area (Å²) < 4.78 is 31.8. The summed E-state index contributed by atoms with van der Waals surface area (Å²) in [5.41, 5.74) is 2.39. The Kier molecular flexibility index (Phi) is 10.8. The van der Waals surface area contributed by atoms with E-state index in [1.54, 1.807) is 37.5 Å². The largest absolute Gasteiger partial charge is 0.497 e. The fourth-order valence-electron chi connectivity index (χ4n) is 4.09. The fourth-order valence-corrected chi connectivity index (χ4v) is 4.82. The quantitative estimate of drug-likeness (QED) is 0.311. The van der Waals surface area contributed by atoms with Crippen LogP contribution in [0.25, 0.3) is 0 Å². The van der Waals surface area contributed by atoms with Crippen molar-refractivity contribution in [2.24, 2.45) is 0 Å². The van der Waals surface area contributed by atoms with Crippen LogP contribution in [0.1, 0.15) is 16.7 Å². The van der Waals surface area contributed by atoms with Crippen LogP contribution < -0.4 is 10.1 Å². The average molecular weight is 550 g/mol. The molecule has 8 nitrogen and oxygen atoms in total. The maximum Gasteiger partial charge on any atom is 0.243 e. The molecule has 0 fully saturated rings. The summed E-state index contributed by atoms with van der Waals surface area (Å²) in [7, 11) is -2.17. The molecule has 0 aliphatic carbocycles. The maximum absolute atomic E-state index is 13.9. The average Bonchev–Trinajstić information content (AvgIpc) is 2.94. The maximum atomic E-state index is 13.9. The van der Waals surface area contributed by atoms with Crippen LogP contribution in [-0.2, 0) is 39.1 Å². The first kappa shape index (κ1) is 29.6. The zero-order valence-electron chi connectivity index (χ0n) is 22.3. The number of hydrogen-bond donors (Lipinski definition) is 1. The van der Waals surface area contributed by atoms with Gasteiger partial charge in [0.15, 0.2) is 0 Å². The van der Waals surface area contributed by atoms with Crippen molar-refractivity contribution in [2.45, 2.75) is 25.6 Å². The lowest BCUT2D eigenvalue weighted by molar-refractivity contribution is -0.141. The Labute approximate surface area is 231 Å². The van der Waals surface area contributed by atoms with Crippen molar-refractivity contribution >= 4 is 21.8 Å². The predicted octanol–water partition coefficient (Wildman–Crippen LogP) is 3.40. The zero-order chi connectivity index (χ0) is 28.3. The van der Waals surface area contributed by atoms with Crippen molar-refractivity contribution in [3.05, 3.63) is 114 Å². The first-order chi connectivity index (χ1) is 18.7. The monoisotopic (exact) mass is 549 g/mol. The minimum atomic E-state index is -3.74. The molecule has 3 rings (SSSR count). The Morgan fingerprint density at radius 3 is 2.00 bits per heavy atom. The van der Waals surface area contributed by atoms with E-state index in [4.69, 9.17) is 4.74 Å². The smallest absolute Gasteiger partial charge is 0.243 e. The summed E-state index contributed by atoms with van der Waals surface area (Å²) in [5.74, 6) is -0.177. The molecular weight excluding hydrogens is 514 g/mol. The normalized spacial score (nSPS) is 12.0. The van der Waals surface area contributed by atoms with E-state index in [1.807, 2.05) is 60.7 Å². The predicted molar refractivity (Wildman–Crippen MR) is 152 cm³/mol. The van der Waals surface area contributed by atoms with Crippen molar-refractivity contribution in [1.82, 2.24) is 14.5 Å². The van der Waals surface area contributed by atoms with E-state index in [1.165, 1.54) is 4.90 Å². The number of nitrogens with one attached hydrogen (secondary N) is 1. The van der Waals surface area contributed by atoms with Crippen LogP contribution in [0.3, 0.4) is 0 Å². The highest BCUT2D eigenvalue weighted by Gasteiger charge is 2.32. The summed E-state index contributed by atoms with van der Waals surface area (Å²) in [5, 5.41) is 2.81. The third-order valence-electron chi connectivity index (χ3n) is 6.19. The second-order valence-electron chi connectivity index (χ2n) is 9.13. The van der Waals surface area contributed by atoms with Gasteiger partial charge in [0.25, 0.3) is 0 Å². The van der Waals surface area contributed by atoms with Gasteiger partial charge < -0.3 is 15.0 Å². The number of methoxy groups -OCH3 is 1. The summed E-state index contributed by atoms with van der Waals surface area (Å²) in [6, 6.07) is 24.8. The second-order valence-corrected chi connectivity index (χ2v) is 11.1. The van der Waals surface area contributed by atoms with Crippen LogP contribution in [0.4, 0.5) is 0 Å². The van der Waals surface area contributed by atoms with Gasteiger partial charge in [0.2, 0.25) is 21.8 Å². The van der Waals surface area contributed by atoms with E-state index in [0.717, 1.165) is 27.3 Å². The van der Waals surface area contributed by atoms with Crippen molar-refractivity contribution in [1.29, 1.82) is 0 Å². The number of amides is 2. The number of ether oxygens (including phenoxy) is 1. The van der Waals surface area contributed by atoms with E-state index in [2.05, 4.69) is 11.9 Å². The van der Waals surface area contributed by atoms with Crippen LogP contribution >= 0.6 is 0 Å². The van der Waals surface area contributed by atoms with Gasteiger partial charge in [-0.15, -0.1) is 6.58 Å². The number of nitrogens with zero attached hydrogens (tertiary/aromatic N) is 2. The molecule has 0 bridgehead atoms. The number of benzene rings is 3. The van der Waals surface area contributed by atoms with Crippen LogP contribution in [0.5, 0.6) is 5.75 Å². The van der Waals surface area contributed by atoms with Crippen molar-refractivity contribution in [3.63, 3.8) is 0 Å². The molecular formula is C30H35N3O5S.